The zero-order valence-electron chi connectivity index (χ0n) is 13.4. The lowest BCUT2D eigenvalue weighted by Crippen LogP contribution is -2.31. The van der Waals surface area contributed by atoms with Crippen LogP contribution in [-0.2, 0) is 14.3 Å². The van der Waals surface area contributed by atoms with Gasteiger partial charge in [-0.05, 0) is 24.6 Å². The van der Waals surface area contributed by atoms with Crippen molar-refractivity contribution in [3.8, 4) is 6.07 Å². The number of hydrazone groups is 2. The number of benzene rings is 1. The molecule has 0 bridgehead atoms. The molecule has 8 nitrogen and oxygen atoms in total. The number of nitriles is 1. The molecule has 1 atom stereocenters. The number of rotatable bonds is 5. The fourth-order valence-corrected chi connectivity index (χ4v) is 2.15. The van der Waals surface area contributed by atoms with Gasteiger partial charge in [-0.1, -0.05) is 19.1 Å². The summed E-state index contributed by atoms with van der Waals surface area (Å²) in [6.07, 6.45) is 0.397. The van der Waals surface area contributed by atoms with Crippen LogP contribution in [-0.4, -0.2) is 29.9 Å². The Morgan fingerprint density at radius 1 is 1.50 bits per heavy atom. The number of hydrogen-bond acceptors (Lipinski definition) is 7. The van der Waals surface area contributed by atoms with Crippen LogP contribution in [0.4, 0.5) is 5.69 Å². The van der Waals surface area contributed by atoms with Gasteiger partial charge in [-0.25, -0.2) is 10.2 Å². The normalized spacial score (nSPS) is 17.4. The van der Waals surface area contributed by atoms with Crippen molar-refractivity contribution in [3.05, 3.63) is 29.8 Å². The van der Waals surface area contributed by atoms with E-state index < -0.39 is 5.97 Å². The number of esters is 1. The van der Waals surface area contributed by atoms with E-state index in [4.69, 9.17) is 10.00 Å². The van der Waals surface area contributed by atoms with Crippen molar-refractivity contribution < 1.29 is 14.3 Å². The zero-order valence-corrected chi connectivity index (χ0v) is 13.4. The molecule has 0 unspecified atom stereocenters. The van der Waals surface area contributed by atoms with Crippen molar-refractivity contribution in [2.24, 2.45) is 16.1 Å². The first-order chi connectivity index (χ1) is 11.5. The molecule has 1 aliphatic heterocycles. The lowest BCUT2D eigenvalue weighted by atomic mass is 9.94. The van der Waals surface area contributed by atoms with E-state index in [0.29, 0.717) is 12.1 Å². The van der Waals surface area contributed by atoms with Crippen molar-refractivity contribution in [3.63, 3.8) is 0 Å². The van der Waals surface area contributed by atoms with Gasteiger partial charge in [0, 0.05) is 12.3 Å². The first kappa shape index (κ1) is 17.1. The maximum atomic E-state index is 11.5. The summed E-state index contributed by atoms with van der Waals surface area (Å²) in [6, 6.07) is 8.81. The number of carbonyl (C=O) groups excluding carboxylic acids is 2. The quantitative estimate of drug-likeness (QED) is 0.482. The SMILES string of the molecule is CCOC(=O)/C(C#N)=N/Nc1ccc(C2=NNC(=O)C[C@H]2C)cc1. The molecule has 0 aromatic heterocycles. The van der Waals surface area contributed by atoms with E-state index in [1.807, 2.05) is 19.1 Å². The third-order valence-electron chi connectivity index (χ3n) is 3.31. The molecule has 1 aliphatic rings. The van der Waals surface area contributed by atoms with E-state index in [9.17, 15) is 9.59 Å². The molecule has 0 spiro atoms. The van der Waals surface area contributed by atoms with Crippen molar-refractivity contribution >= 4 is 29.0 Å². The Bertz CT molecular complexity index is 731. The standard InChI is InChI=1S/C16H17N5O3/c1-3-24-16(23)13(9-17)19-18-12-6-4-11(5-7-12)15-10(2)8-14(22)20-21-15/h4-7,10,18H,3,8H2,1-2H3,(H,20,22)/b19-13+/t10-/m1/s1. The van der Waals surface area contributed by atoms with Gasteiger partial charge in [0.15, 0.2) is 0 Å². The van der Waals surface area contributed by atoms with Gasteiger partial charge in [0.05, 0.1) is 18.0 Å². The predicted octanol–water partition coefficient (Wildman–Crippen LogP) is 1.40. The van der Waals surface area contributed by atoms with Gasteiger partial charge in [-0.3, -0.25) is 10.2 Å². The largest absolute Gasteiger partial charge is 0.461 e. The molecule has 0 saturated carbocycles. The fourth-order valence-electron chi connectivity index (χ4n) is 2.15. The Balaban J connectivity index is 2.09. The van der Waals surface area contributed by atoms with Crippen LogP contribution in [0.5, 0.6) is 0 Å². The van der Waals surface area contributed by atoms with Crippen LogP contribution >= 0.6 is 0 Å². The summed E-state index contributed by atoms with van der Waals surface area (Å²) in [6.45, 7) is 3.76. The Kier molecular flexibility index (Phi) is 5.63. The molecular formula is C16H17N5O3. The third kappa shape index (κ3) is 4.16. The van der Waals surface area contributed by atoms with E-state index in [2.05, 4.69) is 21.1 Å². The van der Waals surface area contributed by atoms with Gasteiger partial charge < -0.3 is 4.74 Å². The molecule has 1 heterocycles. The number of ether oxygens (including phenoxy) is 1. The molecule has 0 aliphatic carbocycles. The smallest absolute Gasteiger partial charge is 0.369 e. The Morgan fingerprint density at radius 2 is 2.21 bits per heavy atom. The average molecular weight is 327 g/mol. The monoisotopic (exact) mass is 327 g/mol. The van der Waals surface area contributed by atoms with E-state index in [1.165, 1.54) is 0 Å². The second-order valence-electron chi connectivity index (χ2n) is 5.12. The first-order valence-corrected chi connectivity index (χ1v) is 7.43. The second-order valence-corrected chi connectivity index (χ2v) is 5.12. The lowest BCUT2D eigenvalue weighted by molar-refractivity contribution is -0.134. The third-order valence-corrected chi connectivity index (χ3v) is 3.31. The van der Waals surface area contributed by atoms with Crippen molar-refractivity contribution in [2.45, 2.75) is 20.3 Å². The number of nitrogens with zero attached hydrogens (tertiary/aromatic N) is 3. The number of hydrogen-bond donors (Lipinski definition) is 2. The van der Waals surface area contributed by atoms with Crippen molar-refractivity contribution in [1.29, 1.82) is 5.26 Å². The van der Waals surface area contributed by atoms with E-state index in [0.717, 1.165) is 11.3 Å². The first-order valence-electron chi connectivity index (χ1n) is 7.43. The summed E-state index contributed by atoms with van der Waals surface area (Å²) in [5, 5.41) is 16.7. The molecule has 2 rings (SSSR count). The summed E-state index contributed by atoms with van der Waals surface area (Å²) >= 11 is 0. The number of carbonyl (C=O) groups is 2. The highest BCUT2D eigenvalue weighted by molar-refractivity contribution is 6.43. The van der Waals surface area contributed by atoms with E-state index in [-0.39, 0.29) is 24.1 Å². The fraction of sp³-hybridized carbons (Fsp3) is 0.312. The van der Waals surface area contributed by atoms with Crippen LogP contribution in [0.25, 0.3) is 0 Å². The van der Waals surface area contributed by atoms with Crippen molar-refractivity contribution in [2.75, 3.05) is 12.0 Å². The van der Waals surface area contributed by atoms with E-state index >= 15 is 0 Å². The molecule has 24 heavy (non-hydrogen) atoms. The molecule has 1 aromatic carbocycles. The van der Waals surface area contributed by atoms with Crippen LogP contribution in [0, 0.1) is 17.2 Å². The van der Waals surface area contributed by atoms with Gasteiger partial charge in [-0.15, -0.1) is 0 Å². The van der Waals surface area contributed by atoms with Gasteiger partial charge in [0.1, 0.15) is 6.07 Å². The van der Waals surface area contributed by atoms with Crippen LogP contribution in [0.2, 0.25) is 0 Å². The summed E-state index contributed by atoms with van der Waals surface area (Å²) in [5.74, 6) is -0.836. The van der Waals surface area contributed by atoms with Crippen LogP contribution in [0.15, 0.2) is 34.5 Å². The van der Waals surface area contributed by atoms with Gasteiger partial charge in [0.2, 0.25) is 11.6 Å². The molecule has 0 radical (unpaired) electrons. The lowest BCUT2D eigenvalue weighted by Gasteiger charge is -2.19. The number of anilines is 1. The molecule has 1 amide bonds. The highest BCUT2D eigenvalue weighted by atomic mass is 16.5. The molecule has 0 saturated heterocycles. The maximum absolute atomic E-state index is 11.5. The molecule has 8 heteroatoms. The number of nitrogens with one attached hydrogen (secondary N) is 2. The highest BCUT2D eigenvalue weighted by Crippen LogP contribution is 2.18. The Hall–Kier alpha value is -3.21. The average Bonchev–Trinajstić information content (AvgIpc) is 2.56. The number of amides is 1. The van der Waals surface area contributed by atoms with E-state index in [1.54, 1.807) is 25.1 Å². The molecule has 0 fully saturated rings. The minimum Gasteiger partial charge on any atom is -0.461 e. The molecule has 2 N–H and O–H groups in total. The molecule has 1 aromatic rings. The minimum atomic E-state index is -0.773. The predicted molar refractivity (Wildman–Crippen MR) is 88.2 cm³/mol. The zero-order chi connectivity index (χ0) is 17.5. The van der Waals surface area contributed by atoms with Crippen LogP contribution in [0.1, 0.15) is 25.8 Å². The van der Waals surface area contributed by atoms with Gasteiger partial charge in [0.25, 0.3) is 0 Å². The van der Waals surface area contributed by atoms with Gasteiger partial charge >= 0.3 is 5.97 Å². The molecule has 124 valence electrons. The summed E-state index contributed by atoms with van der Waals surface area (Å²) < 4.78 is 4.72. The summed E-state index contributed by atoms with van der Waals surface area (Å²) in [4.78, 5) is 22.7. The van der Waals surface area contributed by atoms with Gasteiger partial charge in [-0.2, -0.15) is 15.5 Å². The Morgan fingerprint density at radius 3 is 2.79 bits per heavy atom. The molecular weight excluding hydrogens is 310 g/mol. The van der Waals surface area contributed by atoms with Crippen LogP contribution < -0.4 is 10.9 Å². The van der Waals surface area contributed by atoms with Crippen molar-refractivity contribution in [1.82, 2.24) is 5.43 Å². The Labute approximate surface area is 139 Å². The summed E-state index contributed by atoms with van der Waals surface area (Å²) in [7, 11) is 0. The minimum absolute atomic E-state index is 0.0320. The maximum Gasteiger partial charge on any atom is 0.369 e. The second kappa shape index (κ2) is 7.87. The highest BCUT2D eigenvalue weighted by Gasteiger charge is 2.21. The van der Waals surface area contributed by atoms with Crippen LogP contribution in [0.3, 0.4) is 0 Å². The summed E-state index contributed by atoms with van der Waals surface area (Å²) in [5.41, 5.74) is 7.04. The topological polar surface area (TPSA) is 116 Å².